The van der Waals surface area contributed by atoms with Gasteiger partial charge in [0.15, 0.2) is 5.65 Å². The van der Waals surface area contributed by atoms with Gasteiger partial charge in [-0.3, -0.25) is 9.20 Å². The molecule has 3 aromatic rings. The number of carboxylic acids is 1. The monoisotopic (exact) mass is 425 g/mol. The fraction of sp³-hybridized carbons (Fsp3) is 0.211. The fourth-order valence-electron chi connectivity index (χ4n) is 2.92. The summed E-state index contributed by atoms with van der Waals surface area (Å²) >= 11 is 5.91. The maximum absolute atomic E-state index is 13.1. The van der Waals surface area contributed by atoms with Crippen LogP contribution in [0.4, 0.5) is 13.2 Å². The molecule has 1 amide bonds. The molecule has 152 valence electrons. The summed E-state index contributed by atoms with van der Waals surface area (Å²) < 4.78 is 40.3. The van der Waals surface area contributed by atoms with Crippen LogP contribution in [0.15, 0.2) is 42.6 Å². The van der Waals surface area contributed by atoms with Crippen LogP contribution in [-0.2, 0) is 17.4 Å². The first-order chi connectivity index (χ1) is 13.6. The van der Waals surface area contributed by atoms with Crippen LogP contribution in [0.5, 0.6) is 0 Å². The maximum atomic E-state index is 13.1. The Morgan fingerprint density at radius 1 is 1.28 bits per heavy atom. The highest BCUT2D eigenvalue weighted by Crippen LogP contribution is 2.33. The number of imidazole rings is 1. The SMILES string of the molecule is Cc1nc2c(Cl)cc(C(F)(F)F)cn2c1C(=O)NC(Cc1ccccc1)C(=O)O. The van der Waals surface area contributed by atoms with E-state index in [1.54, 1.807) is 30.3 Å². The van der Waals surface area contributed by atoms with Crippen molar-refractivity contribution in [1.29, 1.82) is 0 Å². The number of carboxylic acid groups (broad SMARTS) is 1. The number of carbonyl (C=O) groups excluding carboxylic acids is 1. The van der Waals surface area contributed by atoms with Gasteiger partial charge in [-0.25, -0.2) is 9.78 Å². The number of amides is 1. The predicted molar refractivity (Wildman–Crippen MR) is 99.0 cm³/mol. The number of carbonyl (C=O) groups is 2. The van der Waals surface area contributed by atoms with Crippen LogP contribution in [0, 0.1) is 6.92 Å². The molecule has 0 saturated carbocycles. The molecule has 6 nitrogen and oxygen atoms in total. The minimum absolute atomic E-state index is 0.00620. The van der Waals surface area contributed by atoms with Gasteiger partial charge in [0.1, 0.15) is 11.7 Å². The lowest BCUT2D eigenvalue weighted by molar-refractivity contribution is -0.139. The molecule has 0 aliphatic heterocycles. The molecule has 0 aliphatic carbocycles. The second-order valence-corrected chi connectivity index (χ2v) is 6.78. The summed E-state index contributed by atoms with van der Waals surface area (Å²) in [5.41, 5.74) is -0.505. The van der Waals surface area contributed by atoms with Gasteiger partial charge in [0.2, 0.25) is 0 Å². The molecule has 0 aliphatic rings. The first-order valence-corrected chi connectivity index (χ1v) is 8.78. The number of aryl methyl sites for hydroxylation is 1. The molecule has 1 aromatic carbocycles. The second kappa shape index (κ2) is 7.75. The van der Waals surface area contributed by atoms with Gasteiger partial charge < -0.3 is 10.4 Å². The molecule has 2 aromatic heterocycles. The van der Waals surface area contributed by atoms with E-state index in [0.717, 1.165) is 10.5 Å². The van der Waals surface area contributed by atoms with Gasteiger partial charge in [0.05, 0.1) is 16.3 Å². The number of alkyl halides is 3. The van der Waals surface area contributed by atoms with E-state index in [4.69, 9.17) is 11.6 Å². The van der Waals surface area contributed by atoms with Crippen molar-refractivity contribution >= 4 is 29.1 Å². The second-order valence-electron chi connectivity index (χ2n) is 6.37. The average molecular weight is 426 g/mol. The van der Waals surface area contributed by atoms with E-state index in [0.29, 0.717) is 11.8 Å². The summed E-state index contributed by atoms with van der Waals surface area (Å²) in [5.74, 6) is -2.14. The zero-order valence-corrected chi connectivity index (χ0v) is 15.8. The van der Waals surface area contributed by atoms with Gasteiger partial charge in [-0.05, 0) is 18.6 Å². The molecule has 3 rings (SSSR count). The van der Waals surface area contributed by atoms with Crippen molar-refractivity contribution < 1.29 is 27.9 Å². The summed E-state index contributed by atoms with van der Waals surface area (Å²) in [4.78, 5) is 28.4. The smallest absolute Gasteiger partial charge is 0.417 e. The number of aromatic nitrogens is 2. The Balaban J connectivity index is 1.98. The summed E-state index contributed by atoms with van der Waals surface area (Å²) in [6.07, 6.45) is -3.96. The van der Waals surface area contributed by atoms with Gasteiger partial charge in [0, 0.05) is 12.6 Å². The van der Waals surface area contributed by atoms with Gasteiger partial charge in [0.25, 0.3) is 5.91 Å². The fourth-order valence-corrected chi connectivity index (χ4v) is 3.17. The largest absolute Gasteiger partial charge is 0.480 e. The molecule has 0 spiro atoms. The molecule has 0 bridgehead atoms. The number of pyridine rings is 1. The van der Waals surface area contributed by atoms with E-state index in [-0.39, 0.29) is 28.5 Å². The van der Waals surface area contributed by atoms with Crippen molar-refractivity contribution in [3.8, 4) is 0 Å². The zero-order chi connectivity index (χ0) is 21.3. The molecule has 0 fully saturated rings. The molecule has 29 heavy (non-hydrogen) atoms. The van der Waals surface area contributed by atoms with Gasteiger partial charge in [-0.15, -0.1) is 0 Å². The molecular weight excluding hydrogens is 411 g/mol. The van der Waals surface area contributed by atoms with Crippen molar-refractivity contribution in [3.05, 3.63) is 70.1 Å². The highest BCUT2D eigenvalue weighted by atomic mass is 35.5. The van der Waals surface area contributed by atoms with Gasteiger partial charge in [-0.1, -0.05) is 41.9 Å². The summed E-state index contributed by atoms with van der Waals surface area (Å²) in [6, 6.07) is 8.07. The highest BCUT2D eigenvalue weighted by molar-refractivity contribution is 6.33. The van der Waals surface area contributed by atoms with E-state index in [2.05, 4.69) is 10.3 Å². The van der Waals surface area contributed by atoms with E-state index in [1.165, 1.54) is 6.92 Å². The number of hydrogen-bond donors (Lipinski definition) is 2. The lowest BCUT2D eigenvalue weighted by atomic mass is 10.1. The molecule has 1 atom stereocenters. The minimum atomic E-state index is -4.68. The zero-order valence-electron chi connectivity index (χ0n) is 15.0. The normalized spacial score (nSPS) is 12.7. The van der Waals surface area contributed by atoms with Crippen LogP contribution in [0.25, 0.3) is 5.65 Å². The third-order valence-corrected chi connectivity index (χ3v) is 4.56. The third kappa shape index (κ3) is 4.34. The lowest BCUT2D eigenvalue weighted by Gasteiger charge is -2.15. The quantitative estimate of drug-likeness (QED) is 0.652. The Labute approximate surface area is 167 Å². The van der Waals surface area contributed by atoms with Crippen molar-refractivity contribution in [3.63, 3.8) is 0 Å². The Morgan fingerprint density at radius 2 is 1.93 bits per heavy atom. The van der Waals surface area contributed by atoms with Crippen molar-refractivity contribution in [1.82, 2.24) is 14.7 Å². The number of rotatable bonds is 5. The topological polar surface area (TPSA) is 83.7 Å². The summed E-state index contributed by atoms with van der Waals surface area (Å²) in [6.45, 7) is 1.43. The number of benzene rings is 1. The molecule has 2 N–H and O–H groups in total. The summed E-state index contributed by atoms with van der Waals surface area (Å²) in [7, 11) is 0. The van der Waals surface area contributed by atoms with Crippen LogP contribution in [-0.4, -0.2) is 32.4 Å². The molecular formula is C19H15ClF3N3O3. The van der Waals surface area contributed by atoms with Crippen LogP contribution < -0.4 is 5.32 Å². The molecule has 10 heteroatoms. The number of aliphatic carboxylic acids is 1. The van der Waals surface area contributed by atoms with Gasteiger partial charge in [-0.2, -0.15) is 13.2 Å². The Hall–Kier alpha value is -3.07. The standard InChI is InChI=1S/C19H15ClF3N3O3/c1-10-15(26-9-12(19(21,22)23)8-13(20)16(26)24-10)17(27)25-14(18(28)29)7-11-5-3-2-4-6-11/h2-6,8-9,14H,7H2,1H3,(H,25,27)(H,28,29). The Morgan fingerprint density at radius 3 is 2.52 bits per heavy atom. The third-order valence-electron chi connectivity index (χ3n) is 4.28. The number of hydrogen-bond acceptors (Lipinski definition) is 3. The minimum Gasteiger partial charge on any atom is -0.480 e. The van der Waals surface area contributed by atoms with Crippen LogP contribution in [0.2, 0.25) is 5.02 Å². The number of fused-ring (bicyclic) bond motifs is 1. The summed E-state index contributed by atoms with van der Waals surface area (Å²) in [5, 5.41) is 11.5. The maximum Gasteiger partial charge on any atom is 0.417 e. The Kier molecular flexibility index (Phi) is 5.52. The van der Waals surface area contributed by atoms with E-state index in [9.17, 15) is 27.9 Å². The lowest BCUT2D eigenvalue weighted by Crippen LogP contribution is -2.43. The van der Waals surface area contributed by atoms with Crippen LogP contribution in [0.1, 0.15) is 27.3 Å². The molecule has 2 heterocycles. The molecule has 0 saturated heterocycles. The Bertz CT molecular complexity index is 1080. The average Bonchev–Trinajstić information content (AvgIpc) is 2.98. The predicted octanol–water partition coefficient (Wildman–Crippen LogP) is 3.74. The van der Waals surface area contributed by atoms with Crippen LogP contribution >= 0.6 is 11.6 Å². The highest BCUT2D eigenvalue weighted by Gasteiger charge is 2.33. The number of halogens is 4. The van der Waals surface area contributed by atoms with E-state index >= 15 is 0 Å². The van der Waals surface area contributed by atoms with Crippen LogP contribution in [0.3, 0.4) is 0 Å². The molecule has 0 radical (unpaired) electrons. The van der Waals surface area contributed by atoms with E-state index in [1.807, 2.05) is 0 Å². The van der Waals surface area contributed by atoms with Gasteiger partial charge >= 0.3 is 12.1 Å². The van der Waals surface area contributed by atoms with Crippen molar-refractivity contribution in [2.45, 2.75) is 25.6 Å². The van der Waals surface area contributed by atoms with Crippen molar-refractivity contribution in [2.75, 3.05) is 0 Å². The first-order valence-electron chi connectivity index (χ1n) is 8.41. The molecule has 1 unspecified atom stereocenters. The first kappa shape index (κ1) is 20.7. The number of nitrogens with one attached hydrogen (secondary N) is 1. The number of nitrogens with zero attached hydrogens (tertiary/aromatic N) is 2. The van der Waals surface area contributed by atoms with E-state index < -0.39 is 29.7 Å². The van der Waals surface area contributed by atoms with Crippen molar-refractivity contribution in [2.24, 2.45) is 0 Å².